The van der Waals surface area contributed by atoms with Gasteiger partial charge in [-0.25, -0.2) is 8.42 Å². The number of sulfonamides is 1. The van der Waals surface area contributed by atoms with Crippen molar-refractivity contribution in [2.24, 2.45) is 17.8 Å². The zero-order chi connectivity index (χ0) is 22.3. The van der Waals surface area contributed by atoms with Crippen LogP contribution in [0.5, 0.6) is 0 Å². The van der Waals surface area contributed by atoms with Crippen LogP contribution in [0.4, 0.5) is 0 Å². The van der Waals surface area contributed by atoms with E-state index in [0.717, 1.165) is 48.4 Å². The fourth-order valence-electron chi connectivity index (χ4n) is 6.44. The van der Waals surface area contributed by atoms with E-state index in [-0.39, 0.29) is 28.7 Å². The van der Waals surface area contributed by atoms with E-state index in [9.17, 15) is 18.0 Å². The third-order valence-corrected chi connectivity index (χ3v) is 10.8. The molecule has 32 heavy (non-hydrogen) atoms. The minimum Gasteiger partial charge on any atom is -0.455 e. The molecule has 1 aliphatic heterocycles. The van der Waals surface area contributed by atoms with Crippen LogP contribution >= 0.6 is 11.3 Å². The minimum atomic E-state index is -3.57. The Balaban J connectivity index is 1.11. The van der Waals surface area contributed by atoms with Crippen molar-refractivity contribution in [3.05, 3.63) is 17.0 Å². The van der Waals surface area contributed by atoms with Crippen LogP contribution in [0.1, 0.15) is 43.4 Å². The van der Waals surface area contributed by atoms with Gasteiger partial charge in [0.15, 0.2) is 6.61 Å². The zero-order valence-electron chi connectivity index (χ0n) is 18.1. The lowest BCUT2D eigenvalue weighted by atomic mass is 9.53. The first kappa shape index (κ1) is 22.3. The number of carbonyl (C=O) groups excluding carboxylic acids is 2. The average Bonchev–Trinajstić information content (AvgIpc) is 3.21. The van der Waals surface area contributed by atoms with Gasteiger partial charge in [0.1, 0.15) is 4.21 Å². The van der Waals surface area contributed by atoms with Gasteiger partial charge in [0.05, 0.1) is 19.6 Å². The lowest BCUT2D eigenvalue weighted by Crippen LogP contribution is -2.60. The standard InChI is InChI=1S/C22H30N2O6S2/c25-19(23-22-11-15-7-16(12-22)9-17(8-15)13-22)14-30-20(26)10-18-1-2-21(31-18)32(27,28)24-3-5-29-6-4-24/h1-2,15-17H,3-14H2,(H,23,25). The molecule has 1 saturated heterocycles. The fraction of sp³-hybridized carbons (Fsp3) is 0.727. The fourth-order valence-corrected chi connectivity index (χ4v) is 9.34. The maximum Gasteiger partial charge on any atom is 0.311 e. The highest BCUT2D eigenvalue weighted by Gasteiger charge is 2.51. The van der Waals surface area contributed by atoms with E-state index < -0.39 is 16.0 Å². The monoisotopic (exact) mass is 482 g/mol. The van der Waals surface area contributed by atoms with Crippen LogP contribution in [0.3, 0.4) is 0 Å². The molecule has 1 aromatic heterocycles. The van der Waals surface area contributed by atoms with Gasteiger partial charge >= 0.3 is 5.97 Å². The molecule has 0 spiro atoms. The Bertz CT molecular complexity index is 947. The quantitative estimate of drug-likeness (QED) is 0.596. The third-order valence-electron chi connectivity index (χ3n) is 7.33. The Kier molecular flexibility index (Phi) is 6.06. The smallest absolute Gasteiger partial charge is 0.311 e. The van der Waals surface area contributed by atoms with E-state index >= 15 is 0 Å². The molecule has 0 radical (unpaired) electrons. The molecule has 10 heteroatoms. The van der Waals surface area contributed by atoms with E-state index in [1.807, 2.05) is 0 Å². The van der Waals surface area contributed by atoms with E-state index in [1.54, 1.807) is 6.07 Å². The van der Waals surface area contributed by atoms with Crippen molar-refractivity contribution < 1.29 is 27.5 Å². The van der Waals surface area contributed by atoms with E-state index in [0.29, 0.717) is 31.2 Å². The highest BCUT2D eigenvalue weighted by atomic mass is 32.2. The Hall–Kier alpha value is -1.49. The molecule has 5 aliphatic rings. The van der Waals surface area contributed by atoms with E-state index in [4.69, 9.17) is 9.47 Å². The van der Waals surface area contributed by atoms with Crippen LogP contribution in [0.25, 0.3) is 0 Å². The summed E-state index contributed by atoms with van der Waals surface area (Å²) in [5, 5.41) is 3.20. The van der Waals surface area contributed by atoms with Crippen molar-refractivity contribution in [2.75, 3.05) is 32.9 Å². The predicted molar refractivity (Wildman–Crippen MR) is 118 cm³/mol. The van der Waals surface area contributed by atoms with Crippen LogP contribution in [0.15, 0.2) is 16.3 Å². The lowest BCUT2D eigenvalue weighted by Gasteiger charge is -2.56. The molecule has 2 heterocycles. The second-order valence-electron chi connectivity index (χ2n) is 9.82. The molecule has 4 saturated carbocycles. The van der Waals surface area contributed by atoms with Gasteiger partial charge in [-0.15, -0.1) is 11.3 Å². The normalized spacial score (nSPS) is 32.1. The van der Waals surface area contributed by atoms with Gasteiger partial charge in [-0.1, -0.05) is 0 Å². The topological polar surface area (TPSA) is 102 Å². The SMILES string of the molecule is O=C(COC(=O)Cc1ccc(S(=O)(=O)N2CCOCC2)s1)NC12CC3CC(CC(C3)C1)C2. The summed E-state index contributed by atoms with van der Waals surface area (Å²) in [6.45, 7) is 1.14. The number of nitrogens with zero attached hydrogens (tertiary/aromatic N) is 1. The number of esters is 1. The van der Waals surface area contributed by atoms with Crippen LogP contribution in [-0.4, -0.2) is 63.0 Å². The molecule has 0 atom stereocenters. The number of hydrogen-bond acceptors (Lipinski definition) is 7. The van der Waals surface area contributed by atoms with Crippen molar-refractivity contribution in [3.63, 3.8) is 0 Å². The Labute approximate surface area is 192 Å². The zero-order valence-corrected chi connectivity index (χ0v) is 19.7. The van der Waals surface area contributed by atoms with Crippen molar-refractivity contribution in [2.45, 2.75) is 54.7 Å². The summed E-state index contributed by atoms with van der Waals surface area (Å²) in [4.78, 5) is 25.4. The number of thiophene rings is 1. The van der Waals surface area contributed by atoms with Gasteiger partial charge in [0, 0.05) is 23.5 Å². The Morgan fingerprint density at radius 1 is 1.09 bits per heavy atom. The van der Waals surface area contributed by atoms with E-state index in [2.05, 4.69) is 5.32 Å². The first-order valence-corrected chi connectivity index (χ1v) is 13.7. The summed E-state index contributed by atoms with van der Waals surface area (Å²) in [5.74, 6) is 1.42. The summed E-state index contributed by atoms with van der Waals surface area (Å²) in [5.41, 5.74) is -0.102. The number of amides is 1. The molecule has 1 N–H and O–H groups in total. The average molecular weight is 483 g/mol. The maximum atomic E-state index is 12.7. The number of morpholine rings is 1. The molecular weight excluding hydrogens is 452 g/mol. The molecule has 4 bridgehead atoms. The van der Waals surface area contributed by atoms with Gasteiger partial charge in [0.25, 0.3) is 15.9 Å². The maximum absolute atomic E-state index is 12.7. The number of hydrogen-bond donors (Lipinski definition) is 1. The predicted octanol–water partition coefficient (Wildman–Crippen LogP) is 1.94. The Morgan fingerprint density at radius 3 is 2.34 bits per heavy atom. The van der Waals surface area contributed by atoms with Crippen molar-refractivity contribution in [3.8, 4) is 0 Å². The van der Waals surface area contributed by atoms with Gasteiger partial charge in [-0.05, 0) is 68.4 Å². The Morgan fingerprint density at radius 2 is 1.72 bits per heavy atom. The van der Waals surface area contributed by atoms with Crippen LogP contribution in [-0.2, 0) is 35.5 Å². The minimum absolute atomic E-state index is 0.0477. The summed E-state index contributed by atoms with van der Waals surface area (Å²) >= 11 is 1.07. The van der Waals surface area contributed by atoms with Crippen LogP contribution in [0, 0.1) is 17.8 Å². The van der Waals surface area contributed by atoms with Gasteiger partial charge in [0.2, 0.25) is 0 Å². The highest BCUT2D eigenvalue weighted by Crippen LogP contribution is 2.55. The lowest BCUT2D eigenvalue weighted by molar-refractivity contribution is -0.149. The molecule has 1 aromatic rings. The molecule has 4 aliphatic carbocycles. The number of nitrogens with one attached hydrogen (secondary N) is 1. The largest absolute Gasteiger partial charge is 0.455 e. The molecular formula is C22H30N2O6S2. The summed E-state index contributed by atoms with van der Waals surface area (Å²) in [7, 11) is -3.57. The summed E-state index contributed by atoms with van der Waals surface area (Å²) in [6.07, 6.45) is 7.00. The van der Waals surface area contributed by atoms with Crippen molar-refractivity contribution in [1.29, 1.82) is 0 Å². The first-order chi connectivity index (χ1) is 15.3. The van der Waals surface area contributed by atoms with Gasteiger partial charge < -0.3 is 14.8 Å². The summed E-state index contributed by atoms with van der Waals surface area (Å²) in [6, 6.07) is 3.16. The molecule has 0 unspecified atom stereocenters. The van der Waals surface area contributed by atoms with Gasteiger partial charge in [-0.3, -0.25) is 9.59 Å². The number of rotatable bonds is 7. The third kappa shape index (κ3) is 4.60. The van der Waals surface area contributed by atoms with Crippen LogP contribution < -0.4 is 5.32 Å². The molecule has 5 fully saturated rings. The molecule has 8 nitrogen and oxygen atoms in total. The second kappa shape index (κ2) is 8.70. The first-order valence-electron chi connectivity index (χ1n) is 11.4. The van der Waals surface area contributed by atoms with Crippen molar-refractivity contribution >= 4 is 33.2 Å². The molecule has 176 valence electrons. The number of ether oxygens (including phenoxy) is 2. The second-order valence-corrected chi connectivity index (χ2v) is 13.2. The molecule has 1 amide bonds. The molecule has 0 aromatic carbocycles. The molecule has 6 rings (SSSR count). The van der Waals surface area contributed by atoms with E-state index in [1.165, 1.54) is 29.6 Å². The van der Waals surface area contributed by atoms with Gasteiger partial charge in [-0.2, -0.15) is 4.31 Å². The summed E-state index contributed by atoms with van der Waals surface area (Å²) < 4.78 is 37.5. The highest BCUT2D eigenvalue weighted by molar-refractivity contribution is 7.91. The number of carbonyl (C=O) groups is 2. The van der Waals surface area contributed by atoms with Crippen molar-refractivity contribution in [1.82, 2.24) is 9.62 Å². The van der Waals surface area contributed by atoms with Crippen LogP contribution in [0.2, 0.25) is 0 Å².